The van der Waals surface area contributed by atoms with Crippen LogP contribution in [0.15, 0.2) is 48.5 Å². The van der Waals surface area contributed by atoms with Crippen molar-refractivity contribution in [3.05, 3.63) is 54.1 Å². The second-order valence-corrected chi connectivity index (χ2v) is 7.64. The van der Waals surface area contributed by atoms with E-state index in [4.69, 9.17) is 4.74 Å². The molecule has 1 atom stereocenters. The Labute approximate surface area is 167 Å². The van der Waals surface area contributed by atoms with Crippen molar-refractivity contribution in [1.82, 2.24) is 0 Å². The molecule has 0 aromatic heterocycles. The molecule has 5 heteroatoms. The quantitative estimate of drug-likeness (QED) is 0.859. The molecule has 4 rings (SSSR count). The Morgan fingerprint density at radius 2 is 1.71 bits per heavy atom. The summed E-state index contributed by atoms with van der Waals surface area (Å²) < 4.78 is 5.79. The number of anilines is 2. The summed E-state index contributed by atoms with van der Waals surface area (Å²) in [5.74, 6) is 1.20. The normalized spacial score (nSPS) is 18.1. The number of nitrogens with zero attached hydrogens (tertiary/aromatic N) is 2. The zero-order valence-corrected chi connectivity index (χ0v) is 16.9. The van der Waals surface area contributed by atoms with Crippen LogP contribution in [0.2, 0.25) is 0 Å². The summed E-state index contributed by atoms with van der Waals surface area (Å²) in [6, 6.07) is 16.5. The minimum absolute atomic E-state index is 0.0181. The maximum Gasteiger partial charge on any atom is 0.284 e. The van der Waals surface area contributed by atoms with Crippen molar-refractivity contribution in [1.29, 1.82) is 0 Å². The lowest BCUT2D eigenvalue weighted by Gasteiger charge is -2.37. The van der Waals surface area contributed by atoms with Gasteiger partial charge >= 0.3 is 0 Å². The van der Waals surface area contributed by atoms with Gasteiger partial charge in [0.05, 0.1) is 38.5 Å². The Morgan fingerprint density at radius 1 is 1.04 bits per heavy atom. The SMILES string of the molecule is CCOc1ccccc1N1CC[NH+]([C@H](C)C(=O)N2CCc3ccccc32)CC1. The van der Waals surface area contributed by atoms with E-state index in [9.17, 15) is 4.79 Å². The molecule has 2 aromatic rings. The molecule has 0 aliphatic carbocycles. The summed E-state index contributed by atoms with van der Waals surface area (Å²) in [6.45, 7) is 9.38. The van der Waals surface area contributed by atoms with Crippen LogP contribution in [0.4, 0.5) is 11.4 Å². The molecule has 1 N–H and O–H groups in total. The van der Waals surface area contributed by atoms with Crippen LogP contribution in [-0.4, -0.2) is 51.3 Å². The number of benzene rings is 2. The number of quaternary nitrogens is 1. The first-order valence-electron chi connectivity index (χ1n) is 10.4. The molecule has 28 heavy (non-hydrogen) atoms. The average Bonchev–Trinajstić information content (AvgIpc) is 3.18. The van der Waals surface area contributed by atoms with Crippen molar-refractivity contribution >= 4 is 17.3 Å². The highest BCUT2D eigenvalue weighted by molar-refractivity contribution is 5.97. The second-order valence-electron chi connectivity index (χ2n) is 7.64. The van der Waals surface area contributed by atoms with E-state index in [0.29, 0.717) is 6.61 Å². The van der Waals surface area contributed by atoms with Crippen LogP contribution in [0.5, 0.6) is 5.75 Å². The summed E-state index contributed by atoms with van der Waals surface area (Å²) in [5.41, 5.74) is 3.55. The monoisotopic (exact) mass is 380 g/mol. The lowest BCUT2D eigenvalue weighted by Crippen LogP contribution is -3.19. The third-order valence-corrected chi connectivity index (χ3v) is 6.05. The number of carbonyl (C=O) groups excluding carboxylic acids is 1. The number of hydrogen-bond acceptors (Lipinski definition) is 3. The summed E-state index contributed by atoms with van der Waals surface area (Å²) >= 11 is 0. The van der Waals surface area contributed by atoms with Crippen LogP contribution in [0, 0.1) is 0 Å². The molecule has 2 aliphatic heterocycles. The minimum Gasteiger partial charge on any atom is -0.492 e. The first kappa shape index (κ1) is 18.8. The van der Waals surface area contributed by atoms with Gasteiger partial charge in [-0.2, -0.15) is 0 Å². The van der Waals surface area contributed by atoms with Crippen molar-refractivity contribution in [3.63, 3.8) is 0 Å². The van der Waals surface area contributed by atoms with Gasteiger partial charge in [-0.05, 0) is 44.0 Å². The zero-order chi connectivity index (χ0) is 19.5. The predicted octanol–water partition coefficient (Wildman–Crippen LogP) is 1.77. The van der Waals surface area contributed by atoms with E-state index in [0.717, 1.165) is 56.3 Å². The van der Waals surface area contributed by atoms with Gasteiger partial charge in [0.2, 0.25) is 0 Å². The van der Waals surface area contributed by atoms with Crippen molar-refractivity contribution < 1.29 is 14.4 Å². The van der Waals surface area contributed by atoms with E-state index >= 15 is 0 Å². The highest BCUT2D eigenvalue weighted by Gasteiger charge is 2.35. The summed E-state index contributed by atoms with van der Waals surface area (Å²) in [4.78, 5) is 18.9. The van der Waals surface area contributed by atoms with Crippen molar-refractivity contribution in [3.8, 4) is 5.75 Å². The van der Waals surface area contributed by atoms with E-state index < -0.39 is 0 Å². The molecule has 0 spiro atoms. The van der Waals surface area contributed by atoms with Gasteiger partial charge in [0.25, 0.3) is 5.91 Å². The molecular weight excluding hydrogens is 350 g/mol. The van der Waals surface area contributed by atoms with Crippen LogP contribution in [-0.2, 0) is 11.2 Å². The fourth-order valence-electron chi connectivity index (χ4n) is 4.44. The van der Waals surface area contributed by atoms with Crippen LogP contribution in [0.1, 0.15) is 19.4 Å². The Bertz CT molecular complexity index is 830. The van der Waals surface area contributed by atoms with Gasteiger partial charge in [-0.25, -0.2) is 0 Å². The van der Waals surface area contributed by atoms with Gasteiger partial charge in [-0.1, -0.05) is 30.3 Å². The maximum absolute atomic E-state index is 13.2. The van der Waals surface area contributed by atoms with Crippen LogP contribution >= 0.6 is 0 Å². The van der Waals surface area contributed by atoms with Crippen LogP contribution < -0.4 is 19.4 Å². The van der Waals surface area contributed by atoms with E-state index in [2.05, 4.69) is 42.2 Å². The number of hydrogen-bond donors (Lipinski definition) is 1. The third kappa shape index (κ3) is 3.59. The Hall–Kier alpha value is -2.53. The lowest BCUT2D eigenvalue weighted by molar-refractivity contribution is -0.914. The van der Waals surface area contributed by atoms with Gasteiger partial charge in [0.1, 0.15) is 5.75 Å². The molecule has 0 bridgehead atoms. The van der Waals surface area contributed by atoms with Crippen LogP contribution in [0.25, 0.3) is 0 Å². The van der Waals surface area contributed by atoms with Gasteiger partial charge in [-0.15, -0.1) is 0 Å². The van der Waals surface area contributed by atoms with Gasteiger partial charge in [-0.3, -0.25) is 4.79 Å². The molecule has 2 heterocycles. The van der Waals surface area contributed by atoms with Crippen LogP contribution in [0.3, 0.4) is 0 Å². The maximum atomic E-state index is 13.2. The van der Waals surface area contributed by atoms with Gasteiger partial charge in [0, 0.05) is 12.2 Å². The molecule has 1 fully saturated rings. The van der Waals surface area contributed by atoms with Crippen molar-refractivity contribution in [2.45, 2.75) is 26.3 Å². The molecule has 5 nitrogen and oxygen atoms in total. The Morgan fingerprint density at radius 3 is 2.46 bits per heavy atom. The number of para-hydroxylation sites is 3. The molecule has 0 saturated carbocycles. The number of piperazine rings is 1. The Balaban J connectivity index is 1.40. The number of fused-ring (bicyclic) bond motifs is 1. The molecule has 148 valence electrons. The van der Waals surface area contributed by atoms with E-state index in [1.807, 2.05) is 30.0 Å². The third-order valence-electron chi connectivity index (χ3n) is 6.05. The molecule has 2 aliphatic rings. The number of amides is 1. The topological polar surface area (TPSA) is 37.2 Å². The largest absolute Gasteiger partial charge is 0.492 e. The highest BCUT2D eigenvalue weighted by atomic mass is 16.5. The molecule has 1 saturated heterocycles. The molecule has 0 radical (unpaired) electrons. The zero-order valence-electron chi connectivity index (χ0n) is 16.9. The lowest BCUT2D eigenvalue weighted by atomic mass is 10.1. The first-order valence-corrected chi connectivity index (χ1v) is 10.4. The summed E-state index contributed by atoms with van der Waals surface area (Å²) in [6.07, 6.45) is 0.964. The first-order chi connectivity index (χ1) is 13.7. The predicted molar refractivity (Wildman–Crippen MR) is 112 cm³/mol. The fraction of sp³-hybridized carbons (Fsp3) is 0.435. The van der Waals surface area contributed by atoms with E-state index in [1.54, 1.807) is 0 Å². The summed E-state index contributed by atoms with van der Waals surface area (Å²) in [7, 11) is 0. The van der Waals surface area contributed by atoms with E-state index in [1.165, 1.54) is 10.5 Å². The summed E-state index contributed by atoms with van der Waals surface area (Å²) in [5, 5.41) is 0. The molecule has 0 unspecified atom stereocenters. The molecule has 2 aromatic carbocycles. The number of carbonyl (C=O) groups is 1. The van der Waals surface area contributed by atoms with Crippen molar-refractivity contribution in [2.75, 3.05) is 49.1 Å². The Kier molecular flexibility index (Phi) is 5.53. The molecule has 1 amide bonds. The van der Waals surface area contributed by atoms with Gasteiger partial charge in [0.15, 0.2) is 6.04 Å². The van der Waals surface area contributed by atoms with Gasteiger partial charge < -0.3 is 19.4 Å². The number of rotatable bonds is 5. The highest BCUT2D eigenvalue weighted by Crippen LogP contribution is 2.29. The fourth-order valence-corrected chi connectivity index (χ4v) is 4.44. The van der Waals surface area contributed by atoms with Crippen molar-refractivity contribution in [2.24, 2.45) is 0 Å². The minimum atomic E-state index is -0.0181. The second kappa shape index (κ2) is 8.23. The van der Waals surface area contributed by atoms with E-state index in [-0.39, 0.29) is 11.9 Å². The smallest absolute Gasteiger partial charge is 0.284 e. The number of ether oxygens (including phenoxy) is 1. The average molecular weight is 381 g/mol. The number of nitrogens with one attached hydrogen (secondary N) is 1. The standard InChI is InChI=1S/C23H29N3O2/c1-3-28-22-11-7-6-10-21(22)25-16-14-24(15-17-25)18(2)23(27)26-13-12-19-8-4-5-9-20(19)26/h4-11,18H,3,12-17H2,1-2H3/p+1/t18-/m1/s1. The molecular formula is C23H30N3O2+.